The van der Waals surface area contributed by atoms with Crippen LogP contribution in [-0.4, -0.2) is 42.4 Å². The number of carbonyl (C=O) groups is 2. The first-order valence-corrected chi connectivity index (χ1v) is 5.81. The number of carbonyl (C=O) groups excluding carboxylic acids is 2. The van der Waals surface area contributed by atoms with Crippen molar-refractivity contribution >= 4 is 11.8 Å². The number of rotatable bonds is 5. The van der Waals surface area contributed by atoms with Gasteiger partial charge in [0.05, 0.1) is 12.1 Å². The van der Waals surface area contributed by atoms with Gasteiger partial charge in [0, 0.05) is 7.05 Å². The Kier molecular flexibility index (Phi) is 4.29. The number of hydrogen-bond acceptors (Lipinski definition) is 3. The molecule has 0 aliphatic carbocycles. The minimum Gasteiger partial charge on any atom is -0.368 e. The minimum absolute atomic E-state index is 0.00796. The molecular weight excluding hydrogens is 206 g/mol. The fourth-order valence-corrected chi connectivity index (χ4v) is 2.41. The highest BCUT2D eigenvalue weighted by molar-refractivity contribution is 5.90. The van der Waals surface area contributed by atoms with E-state index in [-0.39, 0.29) is 12.5 Å². The lowest BCUT2D eigenvalue weighted by Gasteiger charge is -2.32. The number of nitrogens with two attached hydrogens (primary N) is 1. The van der Waals surface area contributed by atoms with Crippen molar-refractivity contribution in [1.82, 2.24) is 10.2 Å². The Morgan fingerprint density at radius 2 is 2.19 bits per heavy atom. The van der Waals surface area contributed by atoms with Crippen molar-refractivity contribution < 1.29 is 9.59 Å². The SMILES string of the molecule is CCCC1(C(=O)N(C)CC(N)=O)CCCN1. The molecule has 0 radical (unpaired) electrons. The molecule has 92 valence electrons. The summed E-state index contributed by atoms with van der Waals surface area (Å²) in [6, 6.07) is 0. The van der Waals surface area contributed by atoms with E-state index < -0.39 is 11.4 Å². The standard InChI is InChI=1S/C11H21N3O2/c1-3-5-11(6-4-7-13-11)10(16)14(2)8-9(12)15/h13H,3-8H2,1-2H3,(H2,12,15). The molecule has 5 heteroatoms. The third-order valence-corrected chi connectivity index (χ3v) is 3.07. The molecule has 5 nitrogen and oxygen atoms in total. The van der Waals surface area contributed by atoms with Crippen molar-refractivity contribution in [3.63, 3.8) is 0 Å². The quantitative estimate of drug-likeness (QED) is 0.686. The second kappa shape index (κ2) is 5.30. The highest BCUT2D eigenvalue weighted by atomic mass is 16.2. The summed E-state index contributed by atoms with van der Waals surface area (Å²) in [4.78, 5) is 24.5. The fraction of sp³-hybridized carbons (Fsp3) is 0.818. The second-order valence-corrected chi connectivity index (χ2v) is 4.49. The lowest BCUT2D eigenvalue weighted by atomic mass is 9.90. The van der Waals surface area contributed by atoms with Crippen LogP contribution in [0, 0.1) is 0 Å². The van der Waals surface area contributed by atoms with Crippen LogP contribution in [0.2, 0.25) is 0 Å². The zero-order valence-corrected chi connectivity index (χ0v) is 10.1. The van der Waals surface area contributed by atoms with Crippen LogP contribution in [0.15, 0.2) is 0 Å². The molecular formula is C11H21N3O2. The van der Waals surface area contributed by atoms with Crippen molar-refractivity contribution in [2.45, 2.75) is 38.1 Å². The molecule has 0 aromatic rings. The van der Waals surface area contributed by atoms with Gasteiger partial charge in [0.15, 0.2) is 0 Å². The molecule has 16 heavy (non-hydrogen) atoms. The lowest BCUT2D eigenvalue weighted by molar-refractivity contribution is -0.139. The smallest absolute Gasteiger partial charge is 0.243 e. The van der Waals surface area contributed by atoms with Gasteiger partial charge < -0.3 is 16.0 Å². The van der Waals surface area contributed by atoms with Crippen LogP contribution in [0.5, 0.6) is 0 Å². The van der Waals surface area contributed by atoms with Crippen LogP contribution in [-0.2, 0) is 9.59 Å². The van der Waals surface area contributed by atoms with Gasteiger partial charge in [-0.25, -0.2) is 0 Å². The maximum Gasteiger partial charge on any atom is 0.243 e. The zero-order chi connectivity index (χ0) is 12.2. The van der Waals surface area contributed by atoms with Gasteiger partial charge in [-0.15, -0.1) is 0 Å². The summed E-state index contributed by atoms with van der Waals surface area (Å²) in [6.07, 6.45) is 3.62. The van der Waals surface area contributed by atoms with Crippen molar-refractivity contribution in [2.75, 3.05) is 20.1 Å². The van der Waals surface area contributed by atoms with Crippen molar-refractivity contribution in [3.05, 3.63) is 0 Å². The summed E-state index contributed by atoms with van der Waals surface area (Å²) in [5.74, 6) is -0.480. The molecule has 1 rings (SSSR count). The second-order valence-electron chi connectivity index (χ2n) is 4.49. The molecule has 1 unspecified atom stereocenters. The van der Waals surface area contributed by atoms with Crippen molar-refractivity contribution in [1.29, 1.82) is 0 Å². The maximum absolute atomic E-state index is 12.2. The topological polar surface area (TPSA) is 75.4 Å². The summed E-state index contributed by atoms with van der Waals surface area (Å²) >= 11 is 0. The Hall–Kier alpha value is -1.10. The highest BCUT2D eigenvalue weighted by Gasteiger charge is 2.41. The van der Waals surface area contributed by atoms with Gasteiger partial charge in [-0.2, -0.15) is 0 Å². The first-order chi connectivity index (χ1) is 7.52. The van der Waals surface area contributed by atoms with Gasteiger partial charge in [-0.3, -0.25) is 9.59 Å². The number of nitrogens with zero attached hydrogens (tertiary/aromatic N) is 1. The summed E-state index contributed by atoms with van der Waals surface area (Å²) in [7, 11) is 1.63. The average Bonchev–Trinajstić information content (AvgIpc) is 2.66. The summed E-state index contributed by atoms with van der Waals surface area (Å²) < 4.78 is 0. The molecule has 2 amide bonds. The average molecular weight is 227 g/mol. The molecule has 3 N–H and O–H groups in total. The number of amides is 2. The molecule has 1 heterocycles. The first-order valence-electron chi connectivity index (χ1n) is 5.81. The molecule has 0 spiro atoms. The maximum atomic E-state index is 12.2. The number of likely N-dealkylation sites (N-methyl/N-ethyl adjacent to an activating group) is 1. The number of primary amides is 1. The van der Waals surface area contributed by atoms with Crippen LogP contribution in [0.1, 0.15) is 32.6 Å². The van der Waals surface area contributed by atoms with Crippen molar-refractivity contribution in [3.8, 4) is 0 Å². The lowest BCUT2D eigenvalue weighted by Crippen LogP contribution is -2.55. The van der Waals surface area contributed by atoms with Crippen LogP contribution in [0.25, 0.3) is 0 Å². The van der Waals surface area contributed by atoms with Crippen LogP contribution in [0.4, 0.5) is 0 Å². The number of nitrogens with one attached hydrogen (secondary N) is 1. The fourth-order valence-electron chi connectivity index (χ4n) is 2.41. The molecule has 1 saturated heterocycles. The van der Waals surface area contributed by atoms with Crippen LogP contribution >= 0.6 is 0 Å². The minimum atomic E-state index is -0.472. The number of hydrogen-bond donors (Lipinski definition) is 2. The Bertz CT molecular complexity index is 272. The molecule has 0 aromatic carbocycles. The van der Waals surface area contributed by atoms with E-state index in [1.165, 1.54) is 4.90 Å². The summed E-state index contributed by atoms with van der Waals surface area (Å²) in [5, 5.41) is 3.28. The zero-order valence-electron chi connectivity index (χ0n) is 10.1. The van der Waals surface area contributed by atoms with Crippen molar-refractivity contribution in [2.24, 2.45) is 5.73 Å². The Balaban J connectivity index is 2.71. The molecule has 0 saturated carbocycles. The van der Waals surface area contributed by atoms with Gasteiger partial charge in [0.25, 0.3) is 0 Å². The van der Waals surface area contributed by atoms with E-state index in [4.69, 9.17) is 5.73 Å². The third kappa shape index (κ3) is 2.72. The molecule has 0 bridgehead atoms. The highest BCUT2D eigenvalue weighted by Crippen LogP contribution is 2.26. The van der Waals surface area contributed by atoms with E-state index in [1.807, 2.05) is 0 Å². The summed E-state index contributed by atoms with van der Waals surface area (Å²) in [5.41, 5.74) is 4.63. The molecule has 0 aromatic heterocycles. The Morgan fingerprint density at radius 1 is 1.50 bits per heavy atom. The molecule has 1 aliphatic heterocycles. The largest absolute Gasteiger partial charge is 0.368 e. The predicted octanol–water partition coefficient (Wildman–Crippen LogP) is -0.148. The van der Waals surface area contributed by atoms with Gasteiger partial charge >= 0.3 is 0 Å². The predicted molar refractivity (Wildman–Crippen MR) is 61.7 cm³/mol. The molecule has 1 aliphatic rings. The van der Waals surface area contributed by atoms with Gasteiger partial charge in [-0.1, -0.05) is 13.3 Å². The Labute approximate surface area is 96.4 Å². The van der Waals surface area contributed by atoms with E-state index in [0.717, 1.165) is 32.2 Å². The first kappa shape index (κ1) is 13.0. The van der Waals surface area contributed by atoms with Crippen LogP contribution < -0.4 is 11.1 Å². The monoisotopic (exact) mass is 227 g/mol. The normalized spacial score (nSPS) is 24.4. The Morgan fingerprint density at radius 3 is 2.62 bits per heavy atom. The van der Waals surface area contributed by atoms with E-state index in [2.05, 4.69) is 12.2 Å². The van der Waals surface area contributed by atoms with Gasteiger partial charge in [-0.05, 0) is 25.8 Å². The third-order valence-electron chi connectivity index (χ3n) is 3.07. The van der Waals surface area contributed by atoms with E-state index in [9.17, 15) is 9.59 Å². The summed E-state index contributed by atoms with van der Waals surface area (Å²) in [6.45, 7) is 2.92. The molecule has 1 atom stereocenters. The van der Waals surface area contributed by atoms with Gasteiger partial charge in [0.1, 0.15) is 0 Å². The van der Waals surface area contributed by atoms with Crippen LogP contribution in [0.3, 0.4) is 0 Å². The van der Waals surface area contributed by atoms with Gasteiger partial charge in [0.2, 0.25) is 11.8 Å². The van der Waals surface area contributed by atoms with E-state index in [1.54, 1.807) is 7.05 Å². The molecule has 1 fully saturated rings. The van der Waals surface area contributed by atoms with E-state index in [0.29, 0.717) is 0 Å². The van der Waals surface area contributed by atoms with E-state index >= 15 is 0 Å².